The Labute approximate surface area is 185 Å². The molecule has 0 saturated carbocycles. The highest BCUT2D eigenvalue weighted by molar-refractivity contribution is 5.91. The molecule has 1 amide bonds. The molecule has 1 aliphatic rings. The molecule has 1 saturated heterocycles. The fourth-order valence-corrected chi connectivity index (χ4v) is 3.95. The minimum Gasteiger partial charge on any atom is -0.337 e. The van der Waals surface area contributed by atoms with Crippen molar-refractivity contribution in [3.05, 3.63) is 113 Å². The van der Waals surface area contributed by atoms with Gasteiger partial charge in [0.15, 0.2) is 0 Å². The maximum Gasteiger partial charge on any atom is 0.246 e. The number of hydrogen-bond donors (Lipinski definition) is 0. The van der Waals surface area contributed by atoms with Crippen LogP contribution in [0.15, 0.2) is 78.9 Å². The summed E-state index contributed by atoms with van der Waals surface area (Å²) in [5.74, 6) is -1.04. The second kappa shape index (κ2) is 9.83. The first-order valence-corrected chi connectivity index (χ1v) is 10.5. The maximum atomic E-state index is 13.5. The summed E-state index contributed by atoms with van der Waals surface area (Å²) < 4.78 is 40.0. The van der Waals surface area contributed by atoms with Crippen molar-refractivity contribution in [3.8, 4) is 0 Å². The highest BCUT2D eigenvalue weighted by Gasteiger charge is 2.27. The Bertz CT molecular complexity index is 1030. The Balaban J connectivity index is 1.46. The molecule has 0 unspecified atom stereocenters. The molecule has 0 aliphatic carbocycles. The molecule has 4 rings (SSSR count). The van der Waals surface area contributed by atoms with E-state index in [9.17, 15) is 18.0 Å². The van der Waals surface area contributed by atoms with Crippen LogP contribution in [0, 0.1) is 17.5 Å². The van der Waals surface area contributed by atoms with Gasteiger partial charge < -0.3 is 4.90 Å². The topological polar surface area (TPSA) is 23.6 Å². The van der Waals surface area contributed by atoms with Gasteiger partial charge in [-0.15, -0.1) is 0 Å². The SMILES string of the molecule is O=C(/C=C/c1ccc(F)cc1)N1CCN(C(c2ccc(F)cc2)c2ccc(F)cc2)CC1. The van der Waals surface area contributed by atoms with Crippen molar-refractivity contribution in [2.75, 3.05) is 26.2 Å². The number of amides is 1. The molecule has 0 aromatic heterocycles. The van der Waals surface area contributed by atoms with Gasteiger partial charge in [0.1, 0.15) is 17.5 Å². The highest BCUT2D eigenvalue weighted by Crippen LogP contribution is 2.30. The summed E-state index contributed by atoms with van der Waals surface area (Å²) in [5, 5.41) is 0. The number of carbonyl (C=O) groups excluding carboxylic acids is 1. The van der Waals surface area contributed by atoms with E-state index in [0.29, 0.717) is 26.2 Å². The van der Waals surface area contributed by atoms with Crippen LogP contribution in [0.4, 0.5) is 13.2 Å². The first kappa shape index (κ1) is 21.8. The molecule has 0 radical (unpaired) electrons. The third kappa shape index (κ3) is 5.26. The molecular weight excluding hydrogens is 413 g/mol. The lowest BCUT2D eigenvalue weighted by atomic mass is 9.96. The summed E-state index contributed by atoms with van der Waals surface area (Å²) in [5.41, 5.74) is 2.58. The Morgan fingerprint density at radius 1 is 0.688 bits per heavy atom. The first-order chi connectivity index (χ1) is 15.5. The van der Waals surface area contributed by atoms with Gasteiger partial charge >= 0.3 is 0 Å². The average Bonchev–Trinajstić information content (AvgIpc) is 2.81. The Morgan fingerprint density at radius 3 is 1.59 bits per heavy atom. The lowest BCUT2D eigenvalue weighted by molar-refractivity contribution is -0.127. The Kier molecular flexibility index (Phi) is 6.71. The molecule has 1 heterocycles. The number of nitrogens with zero attached hydrogens (tertiary/aromatic N) is 2. The van der Waals surface area contributed by atoms with Gasteiger partial charge in [0.2, 0.25) is 5.91 Å². The standard InChI is InChI=1S/C26H23F3N2O/c27-22-8-1-19(2-9-22)3-14-25(32)30-15-17-31(18-16-30)26(20-4-10-23(28)11-5-20)21-6-12-24(29)13-7-21/h1-14,26H,15-18H2/b14-3+. The minimum absolute atomic E-state index is 0.103. The summed E-state index contributed by atoms with van der Waals surface area (Å²) >= 11 is 0. The average molecular weight is 436 g/mol. The molecule has 6 heteroatoms. The van der Waals surface area contributed by atoms with Crippen molar-refractivity contribution in [2.24, 2.45) is 0 Å². The third-order valence-corrected chi connectivity index (χ3v) is 5.65. The lowest BCUT2D eigenvalue weighted by Crippen LogP contribution is -2.49. The van der Waals surface area contributed by atoms with E-state index in [2.05, 4.69) is 4.90 Å². The molecule has 0 atom stereocenters. The zero-order valence-electron chi connectivity index (χ0n) is 17.4. The summed E-state index contributed by atoms with van der Waals surface area (Å²) in [6, 6.07) is 18.4. The van der Waals surface area contributed by atoms with Crippen LogP contribution in [0.25, 0.3) is 6.08 Å². The molecule has 3 aromatic rings. The molecule has 3 nitrogen and oxygen atoms in total. The zero-order valence-corrected chi connectivity index (χ0v) is 17.4. The van der Waals surface area contributed by atoms with Gasteiger partial charge in [-0.2, -0.15) is 0 Å². The summed E-state index contributed by atoms with van der Waals surface area (Å²) in [6.07, 6.45) is 3.17. The number of piperazine rings is 1. The molecule has 32 heavy (non-hydrogen) atoms. The van der Waals surface area contributed by atoms with Gasteiger partial charge in [-0.3, -0.25) is 9.69 Å². The molecule has 0 N–H and O–H groups in total. The van der Waals surface area contributed by atoms with Crippen LogP contribution in [0.1, 0.15) is 22.7 Å². The predicted octanol–water partition coefficient (Wildman–Crippen LogP) is 5.05. The van der Waals surface area contributed by atoms with E-state index in [-0.39, 0.29) is 29.4 Å². The number of carbonyl (C=O) groups is 1. The zero-order chi connectivity index (χ0) is 22.5. The van der Waals surface area contributed by atoms with Crippen molar-refractivity contribution in [2.45, 2.75) is 6.04 Å². The number of halogens is 3. The molecule has 1 aliphatic heterocycles. The largest absolute Gasteiger partial charge is 0.337 e. The van der Waals surface area contributed by atoms with E-state index in [1.807, 2.05) is 0 Å². The molecule has 3 aromatic carbocycles. The van der Waals surface area contributed by atoms with Crippen LogP contribution < -0.4 is 0 Å². The molecule has 164 valence electrons. The van der Waals surface area contributed by atoms with E-state index < -0.39 is 0 Å². The molecular formula is C26H23F3N2O. The monoisotopic (exact) mass is 436 g/mol. The number of hydrogen-bond acceptors (Lipinski definition) is 2. The quantitative estimate of drug-likeness (QED) is 0.523. The summed E-state index contributed by atoms with van der Waals surface area (Å²) in [7, 11) is 0. The van der Waals surface area contributed by atoms with Crippen LogP contribution in [0.5, 0.6) is 0 Å². The van der Waals surface area contributed by atoms with Crippen LogP contribution in [0.3, 0.4) is 0 Å². The van der Waals surface area contributed by atoms with Gasteiger partial charge in [-0.1, -0.05) is 36.4 Å². The predicted molar refractivity (Wildman–Crippen MR) is 118 cm³/mol. The van der Waals surface area contributed by atoms with E-state index in [0.717, 1.165) is 16.7 Å². The smallest absolute Gasteiger partial charge is 0.246 e. The first-order valence-electron chi connectivity index (χ1n) is 10.5. The fraction of sp³-hybridized carbons (Fsp3) is 0.192. The summed E-state index contributed by atoms with van der Waals surface area (Å²) in [6.45, 7) is 2.31. The van der Waals surface area contributed by atoms with E-state index in [4.69, 9.17) is 0 Å². The second-order valence-electron chi connectivity index (χ2n) is 7.75. The highest BCUT2D eigenvalue weighted by atomic mass is 19.1. The van der Waals surface area contributed by atoms with Crippen LogP contribution in [0.2, 0.25) is 0 Å². The van der Waals surface area contributed by atoms with Gasteiger partial charge in [0.05, 0.1) is 6.04 Å². The number of rotatable bonds is 5. The molecule has 0 bridgehead atoms. The van der Waals surface area contributed by atoms with Crippen molar-refractivity contribution in [3.63, 3.8) is 0 Å². The van der Waals surface area contributed by atoms with E-state index in [1.165, 1.54) is 42.5 Å². The normalized spacial score (nSPS) is 14.9. The minimum atomic E-state index is -0.318. The van der Waals surface area contributed by atoms with Crippen LogP contribution in [-0.4, -0.2) is 41.9 Å². The maximum absolute atomic E-state index is 13.5. The summed E-state index contributed by atoms with van der Waals surface area (Å²) in [4.78, 5) is 16.6. The lowest BCUT2D eigenvalue weighted by Gasteiger charge is -2.39. The van der Waals surface area contributed by atoms with Crippen molar-refractivity contribution in [1.29, 1.82) is 0 Å². The van der Waals surface area contributed by atoms with Gasteiger partial charge in [-0.05, 0) is 59.2 Å². The molecule has 1 fully saturated rings. The van der Waals surface area contributed by atoms with Crippen LogP contribution in [-0.2, 0) is 4.79 Å². The van der Waals surface area contributed by atoms with Crippen LogP contribution >= 0.6 is 0 Å². The van der Waals surface area contributed by atoms with E-state index >= 15 is 0 Å². The Hall–Kier alpha value is -3.38. The van der Waals surface area contributed by atoms with Crippen molar-refractivity contribution >= 4 is 12.0 Å². The van der Waals surface area contributed by atoms with Gasteiger partial charge in [0.25, 0.3) is 0 Å². The number of benzene rings is 3. The van der Waals surface area contributed by atoms with E-state index in [1.54, 1.807) is 47.4 Å². The van der Waals surface area contributed by atoms with Gasteiger partial charge in [-0.25, -0.2) is 13.2 Å². The third-order valence-electron chi connectivity index (χ3n) is 5.65. The molecule has 0 spiro atoms. The van der Waals surface area contributed by atoms with Gasteiger partial charge in [0, 0.05) is 32.3 Å². The second-order valence-corrected chi connectivity index (χ2v) is 7.75. The van der Waals surface area contributed by atoms with Crippen molar-refractivity contribution < 1.29 is 18.0 Å². The van der Waals surface area contributed by atoms with Crippen molar-refractivity contribution in [1.82, 2.24) is 9.80 Å². The Morgan fingerprint density at radius 2 is 1.12 bits per heavy atom. The fourth-order valence-electron chi connectivity index (χ4n) is 3.95.